The number of aliphatic imine (C=N–C) groups is 1. The minimum Gasteiger partial charge on any atom is -0.357 e. The summed E-state index contributed by atoms with van der Waals surface area (Å²) in [7, 11) is 0. The first kappa shape index (κ1) is 21.7. The molecule has 1 aromatic heterocycles. The number of benzene rings is 1. The highest BCUT2D eigenvalue weighted by Gasteiger charge is 2.01. The van der Waals surface area contributed by atoms with Crippen LogP contribution in [0.25, 0.3) is 0 Å². The van der Waals surface area contributed by atoms with E-state index < -0.39 is 0 Å². The van der Waals surface area contributed by atoms with Gasteiger partial charge in [-0.25, -0.2) is 0 Å². The zero-order valence-corrected chi connectivity index (χ0v) is 17.8. The summed E-state index contributed by atoms with van der Waals surface area (Å²) in [5.74, 6) is 0.844. The van der Waals surface area contributed by atoms with Crippen molar-refractivity contribution < 1.29 is 0 Å². The first-order valence-corrected chi connectivity index (χ1v) is 8.73. The minimum absolute atomic E-state index is 0. The van der Waals surface area contributed by atoms with Crippen LogP contribution in [0.4, 0.5) is 0 Å². The number of halogens is 2. The number of hydrogen-bond donors (Lipinski definition) is 2. The molecule has 2 rings (SSSR count). The monoisotopic (exact) mass is 472 g/mol. The fourth-order valence-corrected chi connectivity index (χ4v) is 2.66. The van der Waals surface area contributed by atoms with Gasteiger partial charge in [-0.3, -0.25) is 9.98 Å². The van der Waals surface area contributed by atoms with Crippen LogP contribution >= 0.6 is 35.6 Å². The van der Waals surface area contributed by atoms with Gasteiger partial charge in [0, 0.05) is 37.1 Å². The maximum absolute atomic E-state index is 6.19. The molecule has 1 heterocycles. The Bertz CT molecular complexity index is 676. The van der Waals surface area contributed by atoms with Crippen molar-refractivity contribution in [1.82, 2.24) is 15.6 Å². The molecule has 0 amide bonds. The van der Waals surface area contributed by atoms with Crippen molar-refractivity contribution in [3.63, 3.8) is 0 Å². The van der Waals surface area contributed by atoms with E-state index in [0.29, 0.717) is 0 Å². The lowest BCUT2D eigenvalue weighted by Crippen LogP contribution is -2.38. The molecular formula is C19H26ClIN4. The number of nitrogens with zero attached hydrogens (tertiary/aromatic N) is 2. The van der Waals surface area contributed by atoms with E-state index in [1.54, 1.807) is 0 Å². The number of pyridine rings is 1. The quantitative estimate of drug-likeness (QED) is 0.364. The molecule has 0 bridgehead atoms. The van der Waals surface area contributed by atoms with Crippen molar-refractivity contribution in [1.29, 1.82) is 0 Å². The lowest BCUT2D eigenvalue weighted by Gasteiger charge is -2.12. The number of nitrogens with one attached hydrogen (secondary N) is 2. The zero-order chi connectivity index (χ0) is 17.2. The standard InChI is InChI=1S/C19H25ClN4.HI/c1-3-22-19(23-12-9-16-8-11-21-14-15(16)2)24-13-10-17-6-4-5-7-18(17)20;/h4-8,11,14H,3,9-10,12-13H2,1-2H3,(H2,22,23,24);1H. The molecule has 0 aliphatic carbocycles. The Morgan fingerprint density at radius 2 is 1.92 bits per heavy atom. The van der Waals surface area contributed by atoms with Crippen LogP contribution < -0.4 is 10.6 Å². The molecule has 0 atom stereocenters. The summed E-state index contributed by atoms with van der Waals surface area (Å²) >= 11 is 6.19. The lowest BCUT2D eigenvalue weighted by atomic mass is 10.1. The highest BCUT2D eigenvalue weighted by Crippen LogP contribution is 2.14. The molecule has 0 aliphatic rings. The summed E-state index contributed by atoms with van der Waals surface area (Å²) in [6.45, 7) is 6.53. The smallest absolute Gasteiger partial charge is 0.191 e. The summed E-state index contributed by atoms with van der Waals surface area (Å²) < 4.78 is 0. The third kappa shape index (κ3) is 7.61. The van der Waals surface area contributed by atoms with Crippen LogP contribution in [-0.4, -0.2) is 30.6 Å². The van der Waals surface area contributed by atoms with Gasteiger partial charge in [-0.2, -0.15) is 0 Å². The first-order valence-electron chi connectivity index (χ1n) is 8.35. The summed E-state index contributed by atoms with van der Waals surface area (Å²) in [6.07, 6.45) is 5.51. The van der Waals surface area contributed by atoms with Gasteiger partial charge in [-0.05, 0) is 55.5 Å². The van der Waals surface area contributed by atoms with E-state index in [2.05, 4.69) is 46.6 Å². The number of aromatic nitrogens is 1. The maximum atomic E-state index is 6.19. The Morgan fingerprint density at radius 3 is 2.64 bits per heavy atom. The second-order valence-electron chi connectivity index (χ2n) is 5.58. The topological polar surface area (TPSA) is 49.3 Å². The average Bonchev–Trinajstić information content (AvgIpc) is 2.58. The van der Waals surface area contributed by atoms with Crippen LogP contribution in [0.5, 0.6) is 0 Å². The van der Waals surface area contributed by atoms with E-state index in [1.807, 2.05) is 30.6 Å². The molecule has 0 spiro atoms. The summed E-state index contributed by atoms with van der Waals surface area (Å²) in [5, 5.41) is 7.46. The number of guanidine groups is 1. The second-order valence-corrected chi connectivity index (χ2v) is 5.99. The third-order valence-electron chi connectivity index (χ3n) is 3.78. The average molecular weight is 473 g/mol. The largest absolute Gasteiger partial charge is 0.357 e. The molecule has 0 unspecified atom stereocenters. The number of hydrogen-bond acceptors (Lipinski definition) is 2. The van der Waals surface area contributed by atoms with Crippen molar-refractivity contribution in [2.45, 2.75) is 26.7 Å². The van der Waals surface area contributed by atoms with E-state index in [1.165, 1.54) is 11.1 Å². The van der Waals surface area contributed by atoms with Gasteiger partial charge in [0.05, 0.1) is 0 Å². The van der Waals surface area contributed by atoms with Gasteiger partial charge in [0.25, 0.3) is 0 Å². The molecule has 0 saturated carbocycles. The third-order valence-corrected chi connectivity index (χ3v) is 4.15. The van der Waals surface area contributed by atoms with Crippen LogP contribution in [-0.2, 0) is 12.8 Å². The SMILES string of the molecule is CCNC(=NCCc1ccncc1C)NCCc1ccccc1Cl.I. The lowest BCUT2D eigenvalue weighted by molar-refractivity contribution is 0.796. The molecule has 25 heavy (non-hydrogen) atoms. The maximum Gasteiger partial charge on any atom is 0.191 e. The Hall–Kier alpha value is -1.34. The Balaban J connectivity index is 0.00000312. The first-order chi connectivity index (χ1) is 11.7. The van der Waals surface area contributed by atoms with E-state index in [4.69, 9.17) is 11.6 Å². The number of aryl methyl sites for hydroxylation is 1. The van der Waals surface area contributed by atoms with E-state index >= 15 is 0 Å². The van der Waals surface area contributed by atoms with Gasteiger partial charge in [0.1, 0.15) is 0 Å². The van der Waals surface area contributed by atoms with E-state index in [9.17, 15) is 0 Å². The summed E-state index contributed by atoms with van der Waals surface area (Å²) in [6, 6.07) is 10.00. The molecule has 0 saturated heterocycles. The van der Waals surface area contributed by atoms with Crippen molar-refractivity contribution in [2.75, 3.05) is 19.6 Å². The van der Waals surface area contributed by atoms with Gasteiger partial charge < -0.3 is 10.6 Å². The van der Waals surface area contributed by atoms with Gasteiger partial charge in [-0.1, -0.05) is 29.8 Å². The fourth-order valence-electron chi connectivity index (χ4n) is 2.43. The van der Waals surface area contributed by atoms with Crippen LogP contribution in [0, 0.1) is 6.92 Å². The van der Waals surface area contributed by atoms with Crippen molar-refractivity contribution in [3.8, 4) is 0 Å². The molecule has 0 aliphatic heterocycles. The Kier molecular flexibility index (Phi) is 10.5. The summed E-state index contributed by atoms with van der Waals surface area (Å²) in [5.41, 5.74) is 3.65. The molecule has 136 valence electrons. The van der Waals surface area contributed by atoms with E-state index in [-0.39, 0.29) is 24.0 Å². The molecular weight excluding hydrogens is 447 g/mol. The molecule has 1 aromatic carbocycles. The molecule has 0 radical (unpaired) electrons. The van der Waals surface area contributed by atoms with Gasteiger partial charge in [-0.15, -0.1) is 24.0 Å². The Labute approximate surface area is 172 Å². The van der Waals surface area contributed by atoms with Crippen molar-refractivity contribution in [2.24, 2.45) is 4.99 Å². The molecule has 2 aromatic rings. The minimum atomic E-state index is 0. The van der Waals surface area contributed by atoms with Gasteiger partial charge >= 0.3 is 0 Å². The van der Waals surface area contributed by atoms with E-state index in [0.717, 1.165) is 49.0 Å². The van der Waals surface area contributed by atoms with Crippen LogP contribution in [0.1, 0.15) is 23.6 Å². The predicted molar refractivity (Wildman–Crippen MR) is 117 cm³/mol. The zero-order valence-electron chi connectivity index (χ0n) is 14.8. The van der Waals surface area contributed by atoms with Crippen LogP contribution in [0.2, 0.25) is 5.02 Å². The summed E-state index contributed by atoms with van der Waals surface area (Å²) in [4.78, 5) is 8.77. The van der Waals surface area contributed by atoms with Crippen LogP contribution in [0.15, 0.2) is 47.7 Å². The predicted octanol–water partition coefficient (Wildman–Crippen LogP) is 4.00. The molecule has 2 N–H and O–H groups in total. The highest BCUT2D eigenvalue weighted by molar-refractivity contribution is 14.0. The molecule has 0 fully saturated rings. The normalized spacial score (nSPS) is 10.9. The van der Waals surface area contributed by atoms with Gasteiger partial charge in [0.15, 0.2) is 5.96 Å². The molecule has 4 nitrogen and oxygen atoms in total. The Morgan fingerprint density at radius 1 is 1.12 bits per heavy atom. The fraction of sp³-hybridized carbons (Fsp3) is 0.368. The second kappa shape index (κ2) is 12.1. The molecule has 6 heteroatoms. The van der Waals surface area contributed by atoms with Crippen molar-refractivity contribution >= 4 is 41.5 Å². The van der Waals surface area contributed by atoms with Gasteiger partial charge in [0.2, 0.25) is 0 Å². The van der Waals surface area contributed by atoms with Crippen LogP contribution in [0.3, 0.4) is 0 Å². The van der Waals surface area contributed by atoms with Crippen molar-refractivity contribution in [3.05, 3.63) is 64.4 Å². The number of rotatable bonds is 7. The highest BCUT2D eigenvalue weighted by atomic mass is 127.